The lowest BCUT2D eigenvalue weighted by atomic mass is 9.92. The zero-order valence-corrected chi connectivity index (χ0v) is 23.3. The number of benzene rings is 4. The van der Waals surface area contributed by atoms with Crippen molar-refractivity contribution in [2.75, 3.05) is 0 Å². The fraction of sp³-hybridized carbons (Fsp3) is 0.0625. The SMILES string of the molecule is O=C(Oc1ccc2c(c1)C(=O)OC2=O)c1ccc(-c2ccc(C(=O)Oc3ccc4c(c3)C(=O)OC4=O)cc2C(F)(F)F)c(C(F)(F)F)c1. The topological polar surface area (TPSA) is 139 Å². The fourth-order valence-corrected chi connectivity index (χ4v) is 4.87. The summed E-state index contributed by atoms with van der Waals surface area (Å²) in [4.78, 5) is 72.2. The van der Waals surface area contributed by atoms with Crippen LogP contribution in [0, 0.1) is 0 Å². The molecule has 4 aromatic carbocycles. The Kier molecular flexibility index (Phi) is 7.37. The van der Waals surface area contributed by atoms with Gasteiger partial charge in [0.05, 0.1) is 44.5 Å². The molecule has 6 rings (SSSR count). The van der Waals surface area contributed by atoms with Crippen LogP contribution in [0.15, 0.2) is 72.8 Å². The van der Waals surface area contributed by atoms with Crippen molar-refractivity contribution < 1.29 is 74.1 Å². The summed E-state index contributed by atoms with van der Waals surface area (Å²) in [5, 5.41) is 0. The van der Waals surface area contributed by atoms with Gasteiger partial charge in [-0.2, -0.15) is 26.3 Å². The number of hydrogen-bond donors (Lipinski definition) is 0. The van der Waals surface area contributed by atoms with Crippen molar-refractivity contribution in [2.45, 2.75) is 12.4 Å². The van der Waals surface area contributed by atoms with E-state index in [1.165, 1.54) is 0 Å². The highest BCUT2D eigenvalue weighted by Gasteiger charge is 2.40. The molecule has 0 radical (unpaired) electrons. The average Bonchev–Trinajstić information content (AvgIpc) is 3.47. The number of esters is 6. The predicted octanol–water partition coefficient (Wildman–Crippen LogP) is 6.45. The molecule has 10 nitrogen and oxygen atoms in total. The van der Waals surface area contributed by atoms with Crippen LogP contribution >= 0.6 is 0 Å². The van der Waals surface area contributed by atoms with Gasteiger partial charge >= 0.3 is 48.2 Å². The summed E-state index contributed by atoms with van der Waals surface area (Å²) in [5.74, 6) is -7.39. The van der Waals surface area contributed by atoms with Crippen LogP contribution < -0.4 is 9.47 Å². The molecule has 2 aliphatic heterocycles. The van der Waals surface area contributed by atoms with Crippen molar-refractivity contribution in [2.24, 2.45) is 0 Å². The van der Waals surface area contributed by atoms with Crippen molar-refractivity contribution in [3.05, 3.63) is 117 Å². The lowest BCUT2D eigenvalue weighted by Gasteiger charge is -2.19. The Labute approximate surface area is 262 Å². The molecule has 2 heterocycles. The van der Waals surface area contributed by atoms with E-state index in [2.05, 4.69) is 9.47 Å². The second-order valence-electron chi connectivity index (χ2n) is 10.1. The number of hydrogen-bond acceptors (Lipinski definition) is 10. The summed E-state index contributed by atoms with van der Waals surface area (Å²) in [6.07, 6.45) is -10.6. The molecular formula is C32H12F6O10. The third-order valence-corrected chi connectivity index (χ3v) is 7.07. The maximum Gasteiger partial charge on any atom is 0.417 e. The van der Waals surface area contributed by atoms with E-state index in [9.17, 15) is 55.1 Å². The van der Waals surface area contributed by atoms with E-state index < -0.39 is 81.5 Å². The van der Waals surface area contributed by atoms with Crippen LogP contribution in [0.1, 0.15) is 73.3 Å². The molecule has 0 spiro atoms. The third kappa shape index (κ3) is 5.74. The Bertz CT molecular complexity index is 1980. The molecule has 0 amide bonds. The Morgan fingerprint density at radius 1 is 0.458 bits per heavy atom. The molecule has 0 saturated heterocycles. The highest BCUT2D eigenvalue weighted by molar-refractivity contribution is 6.15. The van der Waals surface area contributed by atoms with Gasteiger partial charge in [0.1, 0.15) is 11.5 Å². The first-order valence-corrected chi connectivity index (χ1v) is 13.2. The predicted molar refractivity (Wildman–Crippen MR) is 144 cm³/mol. The van der Waals surface area contributed by atoms with E-state index in [1.54, 1.807) is 0 Å². The van der Waals surface area contributed by atoms with Crippen molar-refractivity contribution >= 4 is 35.8 Å². The molecule has 4 aromatic rings. The summed E-state index contributed by atoms with van der Waals surface area (Å²) in [6, 6.07) is 9.61. The molecule has 0 aliphatic carbocycles. The second-order valence-corrected chi connectivity index (χ2v) is 10.1. The monoisotopic (exact) mass is 670 g/mol. The van der Waals surface area contributed by atoms with Gasteiger partial charge in [-0.05, 0) is 71.8 Å². The second kappa shape index (κ2) is 11.2. The van der Waals surface area contributed by atoms with Gasteiger partial charge in [-0.3, -0.25) is 0 Å². The molecule has 242 valence electrons. The minimum Gasteiger partial charge on any atom is -0.423 e. The fourth-order valence-electron chi connectivity index (χ4n) is 4.87. The number of halogens is 6. The molecular weight excluding hydrogens is 658 g/mol. The van der Waals surface area contributed by atoms with Gasteiger partial charge in [0.25, 0.3) is 0 Å². The first-order chi connectivity index (χ1) is 22.5. The molecule has 0 N–H and O–H groups in total. The zero-order chi connectivity index (χ0) is 34.7. The van der Waals surface area contributed by atoms with E-state index >= 15 is 0 Å². The van der Waals surface area contributed by atoms with Gasteiger partial charge in [0.2, 0.25) is 0 Å². The van der Waals surface area contributed by atoms with Gasteiger partial charge < -0.3 is 18.9 Å². The Balaban J connectivity index is 1.32. The van der Waals surface area contributed by atoms with Gasteiger partial charge in [-0.25, -0.2) is 28.8 Å². The van der Waals surface area contributed by atoms with Crippen LogP contribution in [0.3, 0.4) is 0 Å². The summed E-state index contributed by atoms with van der Waals surface area (Å²) in [7, 11) is 0. The van der Waals surface area contributed by atoms with E-state index in [-0.39, 0.29) is 45.9 Å². The van der Waals surface area contributed by atoms with E-state index in [1.807, 2.05) is 0 Å². The summed E-state index contributed by atoms with van der Waals surface area (Å²) < 4.78 is 104. The number of fused-ring (bicyclic) bond motifs is 2. The molecule has 0 atom stereocenters. The average molecular weight is 670 g/mol. The number of cyclic esters (lactones) is 4. The van der Waals surface area contributed by atoms with E-state index in [0.29, 0.717) is 12.1 Å². The Morgan fingerprint density at radius 2 is 0.792 bits per heavy atom. The van der Waals surface area contributed by atoms with Crippen molar-refractivity contribution in [3.63, 3.8) is 0 Å². The van der Waals surface area contributed by atoms with Crippen LogP contribution in [-0.2, 0) is 21.8 Å². The smallest absolute Gasteiger partial charge is 0.417 e. The highest BCUT2D eigenvalue weighted by Crippen LogP contribution is 2.43. The maximum atomic E-state index is 14.2. The number of alkyl halides is 6. The molecule has 0 unspecified atom stereocenters. The number of carbonyl (C=O) groups excluding carboxylic acids is 6. The highest BCUT2D eigenvalue weighted by atomic mass is 19.4. The molecule has 0 saturated carbocycles. The molecule has 0 fully saturated rings. The molecule has 0 aromatic heterocycles. The van der Waals surface area contributed by atoms with Gasteiger partial charge in [-0.15, -0.1) is 0 Å². The van der Waals surface area contributed by atoms with Gasteiger partial charge in [-0.1, -0.05) is 12.1 Å². The first-order valence-electron chi connectivity index (χ1n) is 13.2. The Morgan fingerprint density at radius 3 is 1.15 bits per heavy atom. The first kappa shape index (κ1) is 31.7. The van der Waals surface area contributed by atoms with Crippen molar-refractivity contribution in [1.82, 2.24) is 0 Å². The van der Waals surface area contributed by atoms with Crippen molar-refractivity contribution in [1.29, 1.82) is 0 Å². The van der Waals surface area contributed by atoms with Gasteiger partial charge in [0, 0.05) is 0 Å². The lowest BCUT2D eigenvalue weighted by Crippen LogP contribution is -2.16. The lowest BCUT2D eigenvalue weighted by molar-refractivity contribution is -0.139. The van der Waals surface area contributed by atoms with Crippen LogP contribution in [-0.4, -0.2) is 35.8 Å². The number of rotatable bonds is 5. The minimum atomic E-state index is -5.29. The number of ether oxygens (including phenoxy) is 4. The number of carbonyl (C=O) groups is 6. The van der Waals surface area contributed by atoms with Crippen LogP contribution in [0.5, 0.6) is 11.5 Å². The third-order valence-electron chi connectivity index (χ3n) is 7.07. The molecule has 2 aliphatic rings. The van der Waals surface area contributed by atoms with Crippen LogP contribution in [0.4, 0.5) is 26.3 Å². The van der Waals surface area contributed by atoms with Crippen LogP contribution in [0.25, 0.3) is 11.1 Å². The Hall–Kier alpha value is -6.32. The standard InChI is InChI=1S/C32H12F6O10/c33-31(34,35)23-9-13(25(39)45-15-3-7-19-21(11-15)29(43)47-27(19)41)1-5-17(23)18-6-2-14(10-24(18)32(36,37)38)26(40)46-16-4-8-20-22(12-16)30(44)48-28(20)42/h1-12H. The maximum absolute atomic E-state index is 14.2. The summed E-state index contributed by atoms with van der Waals surface area (Å²) >= 11 is 0. The normalized spacial score (nSPS) is 13.9. The van der Waals surface area contributed by atoms with Crippen LogP contribution in [0.2, 0.25) is 0 Å². The molecule has 0 bridgehead atoms. The van der Waals surface area contributed by atoms with Crippen molar-refractivity contribution in [3.8, 4) is 22.6 Å². The summed E-state index contributed by atoms with van der Waals surface area (Å²) in [6.45, 7) is 0. The van der Waals surface area contributed by atoms with E-state index in [0.717, 1.165) is 48.5 Å². The molecule has 16 heteroatoms. The van der Waals surface area contributed by atoms with E-state index in [4.69, 9.17) is 9.47 Å². The molecule has 48 heavy (non-hydrogen) atoms. The largest absolute Gasteiger partial charge is 0.423 e. The zero-order valence-electron chi connectivity index (χ0n) is 23.3. The summed E-state index contributed by atoms with van der Waals surface area (Å²) in [5.41, 5.74) is -7.50. The minimum absolute atomic E-state index is 0.129. The quantitative estimate of drug-likeness (QED) is 0.101. The van der Waals surface area contributed by atoms with Gasteiger partial charge in [0.15, 0.2) is 0 Å².